The van der Waals surface area contributed by atoms with E-state index in [0.29, 0.717) is 5.92 Å². The van der Waals surface area contributed by atoms with Gasteiger partial charge in [0.2, 0.25) is 0 Å². The van der Waals surface area contributed by atoms with Gasteiger partial charge in [0.1, 0.15) is 0 Å². The van der Waals surface area contributed by atoms with Crippen molar-refractivity contribution in [2.45, 2.75) is 102 Å². The average molecular weight is 525 g/mol. The molecule has 7 rings (SSSR count). The van der Waals surface area contributed by atoms with Crippen LogP contribution in [-0.2, 0) is 12.8 Å². The second kappa shape index (κ2) is 11.4. The molecule has 0 nitrogen and oxygen atoms in total. The lowest BCUT2D eigenvalue weighted by Gasteiger charge is -2.22. The zero-order valence-corrected chi connectivity index (χ0v) is 24.3. The maximum atomic E-state index is 2.48. The van der Waals surface area contributed by atoms with E-state index in [1.807, 2.05) is 0 Å². The fourth-order valence-electron chi connectivity index (χ4n) is 7.98. The highest BCUT2D eigenvalue weighted by atomic mass is 14.3. The van der Waals surface area contributed by atoms with Crippen molar-refractivity contribution in [3.63, 3.8) is 0 Å². The van der Waals surface area contributed by atoms with Crippen LogP contribution in [0.2, 0.25) is 0 Å². The third-order valence-electron chi connectivity index (χ3n) is 10.4. The Kier molecular flexibility index (Phi) is 7.36. The van der Waals surface area contributed by atoms with Crippen molar-refractivity contribution in [3.8, 4) is 11.1 Å². The van der Waals surface area contributed by atoms with Crippen LogP contribution in [-0.4, -0.2) is 0 Å². The largest absolute Gasteiger partial charge is 0.0585 e. The van der Waals surface area contributed by atoms with Gasteiger partial charge >= 0.3 is 0 Å². The summed E-state index contributed by atoms with van der Waals surface area (Å²) in [6.07, 6.45) is 16.0. The van der Waals surface area contributed by atoms with Gasteiger partial charge in [-0.2, -0.15) is 0 Å². The summed E-state index contributed by atoms with van der Waals surface area (Å²) in [4.78, 5) is 0. The topological polar surface area (TPSA) is 0 Å². The molecule has 3 aliphatic carbocycles. The Morgan fingerprint density at radius 1 is 0.450 bits per heavy atom. The van der Waals surface area contributed by atoms with Crippen LogP contribution in [0.1, 0.15) is 133 Å². The Morgan fingerprint density at radius 3 is 1.23 bits per heavy atom. The summed E-state index contributed by atoms with van der Waals surface area (Å²) in [5.41, 5.74) is 14.7. The first-order chi connectivity index (χ1) is 19.7. The second-order valence-electron chi connectivity index (χ2n) is 13.1. The lowest BCUT2D eigenvalue weighted by atomic mass is 9.84. The van der Waals surface area contributed by atoms with E-state index in [-0.39, 0.29) is 0 Å². The molecular weight excluding hydrogens is 480 g/mol. The monoisotopic (exact) mass is 524 g/mol. The minimum absolute atomic E-state index is 0.451. The molecule has 0 aromatic heterocycles. The summed E-state index contributed by atoms with van der Waals surface area (Å²) in [5.74, 6) is 2.02. The lowest BCUT2D eigenvalue weighted by Crippen LogP contribution is -2.04. The minimum atomic E-state index is 0.451. The molecule has 0 bridgehead atoms. The van der Waals surface area contributed by atoms with Crippen molar-refractivity contribution >= 4 is 0 Å². The quantitative estimate of drug-likeness (QED) is 0.235. The molecule has 0 heterocycles. The molecule has 0 spiro atoms. The van der Waals surface area contributed by atoms with Gasteiger partial charge in [-0.3, -0.25) is 0 Å². The van der Waals surface area contributed by atoms with Gasteiger partial charge in [-0.05, 0) is 106 Å². The summed E-state index contributed by atoms with van der Waals surface area (Å²) in [7, 11) is 0. The van der Waals surface area contributed by atoms with Gasteiger partial charge in [-0.15, -0.1) is 0 Å². The van der Waals surface area contributed by atoms with E-state index in [9.17, 15) is 0 Å². The molecule has 0 unspecified atom stereocenters. The van der Waals surface area contributed by atoms with Gasteiger partial charge in [0.05, 0.1) is 0 Å². The number of fused-ring (bicyclic) bond motifs is 3. The Balaban J connectivity index is 1.04. The van der Waals surface area contributed by atoms with Crippen molar-refractivity contribution in [3.05, 3.63) is 129 Å². The minimum Gasteiger partial charge on any atom is -0.0585 e. The first-order valence-corrected chi connectivity index (χ1v) is 16.1. The second-order valence-corrected chi connectivity index (χ2v) is 13.1. The van der Waals surface area contributed by atoms with E-state index in [1.165, 1.54) is 109 Å². The molecule has 0 N–H and O–H groups in total. The molecule has 3 aliphatic rings. The Bertz CT molecular complexity index is 1330. The van der Waals surface area contributed by atoms with Crippen LogP contribution in [0.25, 0.3) is 11.1 Å². The van der Waals surface area contributed by atoms with Crippen LogP contribution in [0.4, 0.5) is 0 Å². The SMILES string of the molecule is CC1c2cc(Cc3ccc(C4CCCCC4)cc3)ccc2-c2ccc(Cc3ccc(C4CCCCC4)cc3)cc21. The van der Waals surface area contributed by atoms with E-state index in [2.05, 4.69) is 91.9 Å². The highest BCUT2D eigenvalue weighted by molar-refractivity contribution is 5.79. The molecule has 0 atom stereocenters. The van der Waals surface area contributed by atoms with Crippen molar-refractivity contribution in [1.29, 1.82) is 0 Å². The van der Waals surface area contributed by atoms with E-state index in [0.717, 1.165) is 24.7 Å². The first kappa shape index (κ1) is 25.8. The predicted molar refractivity (Wildman–Crippen MR) is 170 cm³/mol. The summed E-state index contributed by atoms with van der Waals surface area (Å²) in [6, 6.07) is 33.6. The van der Waals surface area contributed by atoms with Crippen LogP contribution < -0.4 is 0 Å². The fraction of sp³-hybridized carbons (Fsp3) is 0.400. The highest BCUT2D eigenvalue weighted by Crippen LogP contribution is 2.45. The van der Waals surface area contributed by atoms with Crippen LogP contribution in [0.3, 0.4) is 0 Å². The zero-order valence-electron chi connectivity index (χ0n) is 24.3. The van der Waals surface area contributed by atoms with Gasteiger partial charge in [0.15, 0.2) is 0 Å². The number of hydrogen-bond donors (Lipinski definition) is 0. The molecule has 4 aromatic rings. The van der Waals surface area contributed by atoms with Crippen LogP contribution in [0.15, 0.2) is 84.9 Å². The summed E-state index contributed by atoms with van der Waals surface area (Å²) in [6.45, 7) is 2.40. The molecule has 0 saturated heterocycles. The predicted octanol–water partition coefficient (Wildman–Crippen LogP) is 11.1. The van der Waals surface area contributed by atoms with Crippen molar-refractivity contribution in [2.24, 2.45) is 0 Å². The molecule has 40 heavy (non-hydrogen) atoms. The van der Waals surface area contributed by atoms with E-state index >= 15 is 0 Å². The number of rotatable bonds is 6. The zero-order chi connectivity index (χ0) is 26.9. The maximum absolute atomic E-state index is 2.48. The molecule has 0 heteroatoms. The van der Waals surface area contributed by atoms with Crippen molar-refractivity contribution < 1.29 is 0 Å². The number of benzene rings is 4. The molecule has 0 radical (unpaired) electrons. The Morgan fingerprint density at radius 2 is 0.825 bits per heavy atom. The molecule has 2 fully saturated rings. The number of hydrogen-bond acceptors (Lipinski definition) is 0. The smallest absolute Gasteiger partial charge is 0.00735 e. The molecule has 0 amide bonds. The van der Waals surface area contributed by atoms with Crippen LogP contribution in [0, 0.1) is 0 Å². The lowest BCUT2D eigenvalue weighted by molar-refractivity contribution is 0.443. The van der Waals surface area contributed by atoms with Crippen LogP contribution in [0.5, 0.6) is 0 Å². The van der Waals surface area contributed by atoms with Crippen LogP contribution >= 0.6 is 0 Å². The fourth-order valence-corrected chi connectivity index (χ4v) is 7.98. The highest BCUT2D eigenvalue weighted by Gasteiger charge is 2.26. The Labute approximate surface area is 241 Å². The summed E-state index contributed by atoms with van der Waals surface area (Å²) < 4.78 is 0. The van der Waals surface area contributed by atoms with Gasteiger partial charge in [0.25, 0.3) is 0 Å². The third-order valence-corrected chi connectivity index (χ3v) is 10.4. The van der Waals surface area contributed by atoms with Gasteiger partial charge in [-0.25, -0.2) is 0 Å². The van der Waals surface area contributed by atoms with Crippen molar-refractivity contribution in [2.75, 3.05) is 0 Å². The molecule has 2 saturated carbocycles. The van der Waals surface area contributed by atoms with E-state index in [4.69, 9.17) is 0 Å². The van der Waals surface area contributed by atoms with Gasteiger partial charge in [0, 0.05) is 5.92 Å². The standard InChI is InChI=1S/C40H44/c1-28-39-26-31(24-29-12-18-35(19-13-29)33-8-4-2-5-9-33)16-22-37(39)38-23-17-32(27-40(28)38)25-30-14-20-36(21-15-30)34-10-6-3-7-11-34/h12-23,26-28,33-34H,2-11,24-25H2,1H3. The molecule has 4 aromatic carbocycles. The third kappa shape index (κ3) is 5.30. The first-order valence-electron chi connectivity index (χ1n) is 16.1. The Hall–Kier alpha value is -3.12. The normalized spacial score (nSPS) is 18.0. The summed E-state index contributed by atoms with van der Waals surface area (Å²) in [5, 5.41) is 0. The summed E-state index contributed by atoms with van der Waals surface area (Å²) >= 11 is 0. The average Bonchev–Trinajstić information content (AvgIpc) is 3.29. The molecular formula is C40H44. The molecule has 0 aliphatic heterocycles. The van der Waals surface area contributed by atoms with Gasteiger partial charge < -0.3 is 0 Å². The van der Waals surface area contributed by atoms with E-state index in [1.54, 1.807) is 11.1 Å². The van der Waals surface area contributed by atoms with Crippen molar-refractivity contribution in [1.82, 2.24) is 0 Å². The maximum Gasteiger partial charge on any atom is 0.00735 e. The molecule has 204 valence electrons. The van der Waals surface area contributed by atoms with Gasteiger partial charge in [-0.1, -0.05) is 130 Å². The van der Waals surface area contributed by atoms with E-state index < -0.39 is 0 Å².